The van der Waals surface area contributed by atoms with Crippen LogP contribution >= 0.6 is 15.9 Å². The lowest BCUT2D eigenvalue weighted by molar-refractivity contribution is 0.0936. The van der Waals surface area contributed by atoms with Gasteiger partial charge in [-0.15, -0.1) is 5.10 Å². The molecule has 3 rings (SSSR count). The van der Waals surface area contributed by atoms with Crippen molar-refractivity contribution in [1.29, 1.82) is 0 Å². The highest BCUT2D eigenvalue weighted by atomic mass is 79.9. The summed E-state index contributed by atoms with van der Waals surface area (Å²) in [5, 5.41) is 10.5. The van der Waals surface area contributed by atoms with Gasteiger partial charge in [0.15, 0.2) is 15.5 Å². The third kappa shape index (κ3) is 3.20. The molecule has 1 fully saturated rings. The molecule has 7 nitrogen and oxygen atoms in total. The van der Waals surface area contributed by atoms with Gasteiger partial charge in [-0.05, 0) is 34.5 Å². The number of aromatic nitrogens is 3. The molecule has 1 saturated heterocycles. The minimum absolute atomic E-state index is 0.0168. The van der Waals surface area contributed by atoms with Gasteiger partial charge in [0.05, 0.1) is 23.4 Å². The number of nitrogens with one attached hydrogen (secondary N) is 1. The van der Waals surface area contributed by atoms with E-state index in [0.29, 0.717) is 6.42 Å². The van der Waals surface area contributed by atoms with Gasteiger partial charge in [0, 0.05) is 10.5 Å². The van der Waals surface area contributed by atoms with E-state index in [1.165, 1.54) is 10.9 Å². The Morgan fingerprint density at radius 3 is 2.82 bits per heavy atom. The summed E-state index contributed by atoms with van der Waals surface area (Å²) in [6.45, 7) is 0. The van der Waals surface area contributed by atoms with E-state index < -0.39 is 15.7 Å². The van der Waals surface area contributed by atoms with E-state index in [9.17, 15) is 13.2 Å². The number of hydrogen-bond donors (Lipinski definition) is 1. The minimum atomic E-state index is -3.03. The molecule has 1 aliphatic heterocycles. The predicted octanol–water partition coefficient (Wildman–Crippen LogP) is 0.947. The maximum absolute atomic E-state index is 12.1. The molecule has 2 aromatic rings. The van der Waals surface area contributed by atoms with Crippen LogP contribution < -0.4 is 5.32 Å². The zero-order chi connectivity index (χ0) is 15.7. The molecule has 1 unspecified atom stereocenters. The largest absolute Gasteiger partial charge is 0.347 e. The average molecular weight is 385 g/mol. The van der Waals surface area contributed by atoms with Crippen LogP contribution in [0.5, 0.6) is 0 Å². The van der Waals surface area contributed by atoms with Gasteiger partial charge in [0.25, 0.3) is 5.91 Å². The SMILES string of the molecule is O=C(NC1CCS(=O)(=O)C1)c1cn(-c2ccccc2Br)nn1. The third-order valence-electron chi connectivity index (χ3n) is 3.39. The molecule has 116 valence electrons. The summed E-state index contributed by atoms with van der Waals surface area (Å²) in [6.07, 6.45) is 1.95. The summed E-state index contributed by atoms with van der Waals surface area (Å²) >= 11 is 3.41. The van der Waals surface area contributed by atoms with E-state index in [1.54, 1.807) is 0 Å². The molecular formula is C13H13BrN4O3S. The van der Waals surface area contributed by atoms with Gasteiger partial charge in [0.1, 0.15) is 0 Å². The number of benzene rings is 1. The molecule has 0 saturated carbocycles. The Morgan fingerprint density at radius 1 is 1.36 bits per heavy atom. The van der Waals surface area contributed by atoms with Crippen molar-refractivity contribution in [1.82, 2.24) is 20.3 Å². The lowest BCUT2D eigenvalue weighted by Gasteiger charge is -2.08. The molecule has 1 aromatic heterocycles. The van der Waals surface area contributed by atoms with E-state index in [-0.39, 0.29) is 23.2 Å². The molecule has 9 heteroatoms. The highest BCUT2D eigenvalue weighted by Crippen LogP contribution is 2.19. The smallest absolute Gasteiger partial charge is 0.273 e. The summed E-state index contributed by atoms with van der Waals surface area (Å²) in [4.78, 5) is 12.1. The van der Waals surface area contributed by atoms with Gasteiger partial charge in [0.2, 0.25) is 0 Å². The van der Waals surface area contributed by atoms with Crippen LogP contribution in [0.15, 0.2) is 34.9 Å². The second kappa shape index (κ2) is 5.81. The second-order valence-electron chi connectivity index (χ2n) is 5.07. The van der Waals surface area contributed by atoms with Gasteiger partial charge in [-0.2, -0.15) is 0 Å². The zero-order valence-electron chi connectivity index (χ0n) is 11.4. The maximum atomic E-state index is 12.1. The Labute approximate surface area is 135 Å². The lowest BCUT2D eigenvalue weighted by atomic mass is 10.2. The third-order valence-corrected chi connectivity index (χ3v) is 5.83. The molecule has 0 bridgehead atoms. The highest BCUT2D eigenvalue weighted by molar-refractivity contribution is 9.10. The highest BCUT2D eigenvalue weighted by Gasteiger charge is 2.29. The number of amides is 1. The molecule has 0 spiro atoms. The number of para-hydroxylation sites is 1. The Bertz CT molecular complexity index is 818. The van der Waals surface area contributed by atoms with Gasteiger partial charge < -0.3 is 5.32 Å². The van der Waals surface area contributed by atoms with Crippen molar-refractivity contribution in [2.45, 2.75) is 12.5 Å². The first-order valence-corrected chi connectivity index (χ1v) is 9.24. The number of nitrogens with zero attached hydrogens (tertiary/aromatic N) is 3. The number of rotatable bonds is 3. The van der Waals surface area contributed by atoms with Crippen molar-refractivity contribution in [3.05, 3.63) is 40.6 Å². The Kier molecular flexibility index (Phi) is 4.00. The fourth-order valence-electron chi connectivity index (χ4n) is 2.29. The summed E-state index contributed by atoms with van der Waals surface area (Å²) in [7, 11) is -3.03. The van der Waals surface area contributed by atoms with E-state index in [0.717, 1.165) is 10.2 Å². The Balaban J connectivity index is 1.74. The molecule has 22 heavy (non-hydrogen) atoms. The van der Waals surface area contributed by atoms with Gasteiger partial charge >= 0.3 is 0 Å². The maximum Gasteiger partial charge on any atom is 0.273 e. The molecule has 1 atom stereocenters. The van der Waals surface area contributed by atoms with Crippen molar-refractivity contribution in [2.75, 3.05) is 11.5 Å². The first-order chi connectivity index (χ1) is 10.4. The summed E-state index contributed by atoms with van der Waals surface area (Å²) in [6, 6.07) is 7.07. The summed E-state index contributed by atoms with van der Waals surface area (Å²) < 4.78 is 25.1. The van der Waals surface area contributed by atoms with Crippen molar-refractivity contribution >= 4 is 31.7 Å². The molecule has 2 heterocycles. The number of hydrogen-bond acceptors (Lipinski definition) is 5. The Hall–Kier alpha value is -1.74. The number of halogens is 1. The van der Waals surface area contributed by atoms with E-state index >= 15 is 0 Å². The Morgan fingerprint density at radius 2 is 2.14 bits per heavy atom. The first-order valence-electron chi connectivity index (χ1n) is 6.63. The van der Waals surface area contributed by atoms with Crippen molar-refractivity contribution in [2.24, 2.45) is 0 Å². The number of carbonyl (C=O) groups is 1. The van der Waals surface area contributed by atoms with Crippen LogP contribution in [0.1, 0.15) is 16.9 Å². The van der Waals surface area contributed by atoms with Crippen molar-refractivity contribution in [3.8, 4) is 5.69 Å². The quantitative estimate of drug-likeness (QED) is 0.849. The van der Waals surface area contributed by atoms with Crippen LogP contribution in [0.2, 0.25) is 0 Å². The predicted molar refractivity (Wildman–Crippen MR) is 83.6 cm³/mol. The molecule has 0 aliphatic carbocycles. The van der Waals surface area contributed by atoms with E-state index in [4.69, 9.17) is 0 Å². The van der Waals surface area contributed by atoms with Gasteiger partial charge in [-0.3, -0.25) is 4.79 Å². The monoisotopic (exact) mass is 384 g/mol. The first kappa shape index (κ1) is 15.2. The topological polar surface area (TPSA) is 94.0 Å². The fraction of sp³-hybridized carbons (Fsp3) is 0.308. The lowest BCUT2D eigenvalue weighted by Crippen LogP contribution is -2.35. The van der Waals surface area contributed by atoms with E-state index in [1.807, 2.05) is 24.3 Å². The minimum Gasteiger partial charge on any atom is -0.347 e. The molecule has 0 radical (unpaired) electrons. The molecule has 1 aliphatic rings. The van der Waals surface area contributed by atoms with E-state index in [2.05, 4.69) is 31.6 Å². The molecule has 1 amide bonds. The standard InChI is InChI=1S/C13H13BrN4O3S/c14-10-3-1-2-4-12(10)18-7-11(16-17-18)13(19)15-9-5-6-22(20,21)8-9/h1-4,7,9H,5-6,8H2,(H,15,19). The normalized spacial score (nSPS) is 20.0. The average Bonchev–Trinajstić information content (AvgIpc) is 3.06. The van der Waals surface area contributed by atoms with Crippen molar-refractivity contribution in [3.63, 3.8) is 0 Å². The molecule has 1 N–H and O–H groups in total. The molecular weight excluding hydrogens is 372 g/mol. The zero-order valence-corrected chi connectivity index (χ0v) is 13.8. The molecule has 1 aromatic carbocycles. The van der Waals surface area contributed by atoms with Crippen LogP contribution in [-0.4, -0.2) is 46.9 Å². The number of carbonyl (C=O) groups excluding carboxylic acids is 1. The van der Waals surface area contributed by atoms with Gasteiger partial charge in [-0.1, -0.05) is 17.3 Å². The van der Waals surface area contributed by atoms with Crippen LogP contribution in [-0.2, 0) is 9.84 Å². The summed E-state index contributed by atoms with van der Waals surface area (Å²) in [5.74, 6) is -0.320. The van der Waals surface area contributed by atoms with Crippen LogP contribution in [0.3, 0.4) is 0 Å². The van der Waals surface area contributed by atoms with Crippen LogP contribution in [0, 0.1) is 0 Å². The van der Waals surface area contributed by atoms with Crippen LogP contribution in [0.4, 0.5) is 0 Å². The second-order valence-corrected chi connectivity index (χ2v) is 8.16. The number of sulfone groups is 1. The fourth-order valence-corrected chi connectivity index (χ4v) is 4.43. The summed E-state index contributed by atoms with van der Waals surface area (Å²) in [5.41, 5.74) is 0.914. The van der Waals surface area contributed by atoms with Crippen molar-refractivity contribution < 1.29 is 13.2 Å². The van der Waals surface area contributed by atoms with Crippen LogP contribution in [0.25, 0.3) is 5.69 Å². The van der Waals surface area contributed by atoms with Gasteiger partial charge in [-0.25, -0.2) is 13.1 Å².